The minimum Gasteiger partial charge on any atom is -0.457 e. The predicted octanol–water partition coefficient (Wildman–Crippen LogP) is 7.18. The van der Waals surface area contributed by atoms with Gasteiger partial charge in [0.05, 0.1) is 11.1 Å². The Bertz CT molecular complexity index is 1930. The number of hydrogen-bond donors (Lipinski definition) is 0. The van der Waals surface area contributed by atoms with Gasteiger partial charge in [0, 0.05) is 12.2 Å². The molecule has 5 aromatic carbocycles. The molecule has 5 aromatic rings. The molecule has 10 nitrogen and oxygen atoms in total. The van der Waals surface area contributed by atoms with E-state index in [-0.39, 0.29) is 13.6 Å². The lowest BCUT2D eigenvalue weighted by molar-refractivity contribution is -0.145. The molecule has 0 aliphatic carbocycles. The Morgan fingerprint density at radius 1 is 0.542 bits per heavy atom. The molecule has 0 saturated carbocycles. The second-order valence-electron chi connectivity index (χ2n) is 10.4. The molecule has 0 aliphatic heterocycles. The van der Waals surface area contributed by atoms with Crippen molar-refractivity contribution in [2.75, 3.05) is 13.6 Å². The zero-order valence-corrected chi connectivity index (χ0v) is 26.1. The van der Waals surface area contributed by atoms with Gasteiger partial charge < -0.3 is 28.4 Å². The molecule has 0 amide bonds. The number of fused-ring (bicyclic) bond motifs is 2. The minimum atomic E-state index is -0.586. The third kappa shape index (κ3) is 7.86. The smallest absolute Gasteiger partial charge is 0.343 e. The van der Waals surface area contributed by atoms with E-state index in [2.05, 4.69) is 13.2 Å². The monoisotopic (exact) mass is 646 g/mol. The van der Waals surface area contributed by atoms with Gasteiger partial charge >= 0.3 is 23.9 Å². The van der Waals surface area contributed by atoms with Gasteiger partial charge in [-0.25, -0.2) is 19.2 Å². The van der Waals surface area contributed by atoms with Gasteiger partial charge in [0.1, 0.15) is 23.0 Å². The van der Waals surface area contributed by atoms with Crippen molar-refractivity contribution in [1.82, 2.24) is 0 Å². The maximum atomic E-state index is 13.1. The van der Waals surface area contributed by atoms with Crippen LogP contribution in [0.25, 0.3) is 21.5 Å². The first-order valence-corrected chi connectivity index (χ1v) is 14.6. The Kier molecular flexibility index (Phi) is 10.1. The lowest BCUT2D eigenvalue weighted by Gasteiger charge is -2.14. The van der Waals surface area contributed by atoms with Gasteiger partial charge in [0.15, 0.2) is 0 Å². The third-order valence-electron chi connectivity index (χ3n) is 7.37. The van der Waals surface area contributed by atoms with Crippen LogP contribution >= 0.6 is 0 Å². The SMILES string of the molecule is C=CC(=O)OCOc1ccc2cc(C(=O)Oc3ccc(OC(=O)c4ccc5cc(OCOC(=O)C=C)ccc5c4)c(C)c3C)ccc2c1. The summed E-state index contributed by atoms with van der Waals surface area (Å²) < 4.78 is 32.0. The predicted molar refractivity (Wildman–Crippen MR) is 177 cm³/mol. The molecule has 0 aliphatic rings. The molecule has 242 valence electrons. The molecule has 0 radical (unpaired) electrons. The summed E-state index contributed by atoms with van der Waals surface area (Å²) in [5, 5.41) is 3.19. The van der Waals surface area contributed by atoms with E-state index in [9.17, 15) is 19.2 Å². The van der Waals surface area contributed by atoms with Gasteiger partial charge in [-0.05, 0) is 107 Å². The Morgan fingerprint density at radius 2 is 0.917 bits per heavy atom. The fraction of sp³-hybridized carbons (Fsp3) is 0.105. The normalized spacial score (nSPS) is 10.5. The summed E-state index contributed by atoms with van der Waals surface area (Å²) in [6.45, 7) is 9.71. The van der Waals surface area contributed by atoms with E-state index < -0.39 is 23.9 Å². The average molecular weight is 647 g/mol. The Hall–Kier alpha value is -6.42. The Balaban J connectivity index is 1.22. The van der Waals surface area contributed by atoms with Crippen molar-refractivity contribution < 1.29 is 47.6 Å². The minimum absolute atomic E-state index is 0.252. The third-order valence-corrected chi connectivity index (χ3v) is 7.37. The van der Waals surface area contributed by atoms with Crippen molar-refractivity contribution in [3.63, 3.8) is 0 Å². The first-order chi connectivity index (χ1) is 23.1. The molecule has 0 unspecified atom stereocenters. The fourth-order valence-corrected chi connectivity index (χ4v) is 4.62. The molecule has 0 bridgehead atoms. The molecule has 0 saturated heterocycles. The standard InChI is InChI=1S/C38H30O10/c1-5-35(39)45-21-43-31-13-11-25-17-29(9-7-27(25)19-31)37(41)47-33-15-16-34(24(4)23(33)3)48-38(42)30-10-8-28-20-32(14-12-26(28)18-30)44-22-46-36(40)6-2/h5-20H,1-2,21-22H2,3-4H3. The van der Waals surface area contributed by atoms with Crippen molar-refractivity contribution in [1.29, 1.82) is 0 Å². The number of ether oxygens (including phenoxy) is 6. The molecular formula is C38H30O10. The first kappa shape index (κ1) is 33.0. The van der Waals surface area contributed by atoms with Crippen molar-refractivity contribution in [3.8, 4) is 23.0 Å². The van der Waals surface area contributed by atoms with Gasteiger partial charge in [0.25, 0.3) is 0 Å². The Morgan fingerprint density at radius 3 is 1.31 bits per heavy atom. The van der Waals surface area contributed by atoms with Crippen LogP contribution in [0, 0.1) is 13.8 Å². The zero-order chi connectivity index (χ0) is 34.2. The number of benzene rings is 5. The molecule has 0 atom stereocenters. The second-order valence-corrected chi connectivity index (χ2v) is 10.4. The van der Waals surface area contributed by atoms with Gasteiger partial charge in [-0.3, -0.25) is 0 Å². The van der Waals surface area contributed by atoms with Crippen molar-refractivity contribution in [2.24, 2.45) is 0 Å². The summed E-state index contributed by atoms with van der Waals surface area (Å²) in [5.74, 6) is -0.626. The molecule has 0 heterocycles. The van der Waals surface area contributed by atoms with Gasteiger partial charge in [0.2, 0.25) is 13.6 Å². The van der Waals surface area contributed by atoms with Crippen LogP contribution in [0.4, 0.5) is 0 Å². The molecule has 0 N–H and O–H groups in total. The highest BCUT2D eigenvalue weighted by Crippen LogP contribution is 2.31. The van der Waals surface area contributed by atoms with Crippen molar-refractivity contribution in [3.05, 3.63) is 132 Å². The topological polar surface area (TPSA) is 124 Å². The summed E-state index contributed by atoms with van der Waals surface area (Å²) in [6.07, 6.45) is 2.10. The van der Waals surface area contributed by atoms with E-state index >= 15 is 0 Å². The van der Waals surface area contributed by atoms with Gasteiger partial charge in [-0.15, -0.1) is 0 Å². The first-order valence-electron chi connectivity index (χ1n) is 14.6. The van der Waals surface area contributed by atoms with E-state index in [1.54, 1.807) is 98.8 Å². The summed E-state index contributed by atoms with van der Waals surface area (Å²) >= 11 is 0. The number of rotatable bonds is 12. The lowest BCUT2D eigenvalue weighted by atomic mass is 10.1. The van der Waals surface area contributed by atoms with Crippen LogP contribution in [0.15, 0.2) is 110 Å². The highest BCUT2D eigenvalue weighted by molar-refractivity contribution is 5.98. The summed E-state index contributed by atoms with van der Waals surface area (Å²) in [7, 11) is 0. The summed E-state index contributed by atoms with van der Waals surface area (Å²) in [6, 6.07) is 23.9. The van der Waals surface area contributed by atoms with Crippen molar-refractivity contribution in [2.45, 2.75) is 13.8 Å². The maximum Gasteiger partial charge on any atom is 0.343 e. The van der Waals surface area contributed by atoms with Crippen LogP contribution in [0.3, 0.4) is 0 Å². The van der Waals surface area contributed by atoms with Gasteiger partial charge in [-0.1, -0.05) is 37.4 Å². The molecule has 10 heteroatoms. The maximum absolute atomic E-state index is 13.1. The number of carbonyl (C=O) groups is 4. The lowest BCUT2D eigenvalue weighted by Crippen LogP contribution is -2.12. The van der Waals surface area contributed by atoms with Crippen LogP contribution in [-0.2, 0) is 19.1 Å². The van der Waals surface area contributed by atoms with E-state index in [0.717, 1.165) is 33.7 Å². The Labute approximate surface area is 275 Å². The molecule has 5 rings (SSSR count). The molecule has 0 fully saturated rings. The molecule has 0 spiro atoms. The van der Waals surface area contributed by atoms with Crippen LogP contribution in [0.1, 0.15) is 31.8 Å². The molecule has 48 heavy (non-hydrogen) atoms. The molecular weight excluding hydrogens is 616 g/mol. The highest BCUT2D eigenvalue weighted by atomic mass is 16.7. The second kappa shape index (κ2) is 14.8. The van der Waals surface area contributed by atoms with Crippen LogP contribution in [0.2, 0.25) is 0 Å². The highest BCUT2D eigenvalue weighted by Gasteiger charge is 2.17. The van der Waals surface area contributed by atoms with Gasteiger partial charge in [-0.2, -0.15) is 0 Å². The summed E-state index contributed by atoms with van der Waals surface area (Å²) in [4.78, 5) is 48.5. The largest absolute Gasteiger partial charge is 0.457 e. The average Bonchev–Trinajstić information content (AvgIpc) is 3.10. The number of esters is 4. The number of hydrogen-bond acceptors (Lipinski definition) is 10. The van der Waals surface area contributed by atoms with E-state index in [1.165, 1.54) is 0 Å². The zero-order valence-electron chi connectivity index (χ0n) is 26.1. The van der Waals surface area contributed by atoms with Crippen LogP contribution in [0.5, 0.6) is 23.0 Å². The quantitative estimate of drug-likeness (QED) is 0.0596. The summed E-state index contributed by atoms with van der Waals surface area (Å²) in [5.41, 5.74) is 1.96. The fourth-order valence-electron chi connectivity index (χ4n) is 4.62. The van der Waals surface area contributed by atoms with E-state index in [1.807, 2.05) is 0 Å². The van der Waals surface area contributed by atoms with Crippen LogP contribution < -0.4 is 18.9 Å². The van der Waals surface area contributed by atoms with E-state index in [4.69, 9.17) is 28.4 Å². The van der Waals surface area contributed by atoms with Crippen molar-refractivity contribution >= 4 is 45.4 Å². The van der Waals surface area contributed by atoms with E-state index in [0.29, 0.717) is 45.3 Å². The molecule has 0 aromatic heterocycles. The van der Waals surface area contributed by atoms with Crippen LogP contribution in [-0.4, -0.2) is 37.5 Å². The number of carbonyl (C=O) groups excluding carboxylic acids is 4.